The summed E-state index contributed by atoms with van der Waals surface area (Å²) in [6.45, 7) is 3.84. The predicted octanol–water partition coefficient (Wildman–Crippen LogP) is 3.22. The summed E-state index contributed by atoms with van der Waals surface area (Å²) in [6.07, 6.45) is 2.67. The maximum Gasteiger partial charge on any atom is 0.328 e. The van der Waals surface area contributed by atoms with Gasteiger partial charge in [0.25, 0.3) is 0 Å². The van der Waals surface area contributed by atoms with Crippen LogP contribution in [0.15, 0.2) is 29.4 Å². The molecule has 2 atom stereocenters. The van der Waals surface area contributed by atoms with Crippen LogP contribution in [0.2, 0.25) is 0 Å². The molecule has 1 heterocycles. The van der Waals surface area contributed by atoms with Gasteiger partial charge in [-0.3, -0.25) is 9.36 Å². The van der Waals surface area contributed by atoms with Crippen molar-refractivity contribution < 1.29 is 18.7 Å². The average Bonchev–Trinajstić information content (AvgIpc) is 3.49. The van der Waals surface area contributed by atoms with Crippen LogP contribution in [-0.2, 0) is 14.3 Å². The van der Waals surface area contributed by atoms with E-state index >= 15 is 0 Å². The number of carbonyl (C=O) groups is 2. The lowest BCUT2D eigenvalue weighted by molar-refractivity contribution is -0.146. The molecule has 0 aliphatic heterocycles. The van der Waals surface area contributed by atoms with Gasteiger partial charge < -0.3 is 10.1 Å². The molecule has 1 aliphatic rings. The second-order valence-corrected chi connectivity index (χ2v) is 8.07. The van der Waals surface area contributed by atoms with Gasteiger partial charge in [-0.1, -0.05) is 44.2 Å². The number of nitrogens with one attached hydrogen (secondary N) is 1. The second-order valence-electron chi connectivity index (χ2n) is 7.13. The lowest BCUT2D eigenvalue weighted by atomic mass is 9.99. The number of methoxy groups -OCH3 is 1. The molecule has 0 unspecified atom stereocenters. The molecule has 0 saturated heterocycles. The van der Waals surface area contributed by atoms with Gasteiger partial charge in [0.05, 0.1) is 18.4 Å². The summed E-state index contributed by atoms with van der Waals surface area (Å²) in [4.78, 5) is 24.4. The maximum absolute atomic E-state index is 14.2. The number of halogens is 1. The van der Waals surface area contributed by atoms with Crippen molar-refractivity contribution in [1.29, 1.82) is 0 Å². The normalized spacial score (nSPS) is 15.6. The molecule has 1 amide bonds. The number of amides is 1. The van der Waals surface area contributed by atoms with E-state index in [9.17, 15) is 14.0 Å². The Kier molecular flexibility index (Phi) is 6.89. The number of benzene rings is 1. The summed E-state index contributed by atoms with van der Waals surface area (Å²) >= 11 is 1.23. The highest BCUT2D eigenvalue weighted by Crippen LogP contribution is 2.41. The van der Waals surface area contributed by atoms with E-state index in [0.717, 1.165) is 19.3 Å². The third kappa shape index (κ3) is 4.95. The second kappa shape index (κ2) is 9.39. The van der Waals surface area contributed by atoms with Crippen molar-refractivity contribution in [2.24, 2.45) is 5.92 Å². The molecule has 9 heteroatoms. The Hall–Kier alpha value is -2.42. The van der Waals surface area contributed by atoms with Crippen molar-refractivity contribution in [3.63, 3.8) is 0 Å². The molecule has 1 fully saturated rings. The fraction of sp³-hybridized carbons (Fsp3) is 0.500. The first-order valence-corrected chi connectivity index (χ1v) is 10.6. The van der Waals surface area contributed by atoms with Crippen LogP contribution >= 0.6 is 11.8 Å². The van der Waals surface area contributed by atoms with E-state index in [-0.39, 0.29) is 29.4 Å². The Balaban J connectivity index is 1.72. The molecule has 1 aromatic carbocycles. The summed E-state index contributed by atoms with van der Waals surface area (Å²) in [5.74, 6) is -0.596. The summed E-state index contributed by atoms with van der Waals surface area (Å²) in [5.41, 5.74) is 0.394. The lowest BCUT2D eigenvalue weighted by Crippen LogP contribution is -2.46. The number of nitrogens with zero attached hydrogens (tertiary/aromatic N) is 3. The minimum atomic E-state index is -0.687. The topological polar surface area (TPSA) is 86.1 Å². The molecule has 1 N–H and O–H groups in total. The van der Waals surface area contributed by atoms with Crippen LogP contribution in [-0.4, -0.2) is 45.5 Å². The van der Waals surface area contributed by atoms with Crippen molar-refractivity contribution in [3.05, 3.63) is 30.1 Å². The van der Waals surface area contributed by atoms with Crippen molar-refractivity contribution in [2.45, 2.75) is 50.4 Å². The Labute approximate surface area is 173 Å². The molecular formula is C20H25FN4O3S. The van der Waals surface area contributed by atoms with Gasteiger partial charge in [-0.05, 0) is 30.9 Å². The number of thioether (sulfide) groups is 1. The number of hydrogen-bond acceptors (Lipinski definition) is 6. The number of esters is 1. The van der Waals surface area contributed by atoms with Gasteiger partial charge in [-0.25, -0.2) is 9.18 Å². The van der Waals surface area contributed by atoms with E-state index in [1.165, 1.54) is 24.9 Å². The minimum Gasteiger partial charge on any atom is -0.467 e. The maximum atomic E-state index is 14.2. The van der Waals surface area contributed by atoms with Crippen LogP contribution in [0, 0.1) is 11.7 Å². The highest BCUT2D eigenvalue weighted by molar-refractivity contribution is 7.99. The molecule has 1 aromatic heterocycles. The number of ether oxygens (including phenoxy) is 1. The van der Waals surface area contributed by atoms with Crippen molar-refractivity contribution >= 4 is 23.6 Å². The molecule has 29 heavy (non-hydrogen) atoms. The fourth-order valence-electron chi connectivity index (χ4n) is 3.00. The zero-order valence-electron chi connectivity index (χ0n) is 16.7. The number of aromatic nitrogens is 3. The summed E-state index contributed by atoms with van der Waals surface area (Å²) < 4.78 is 20.9. The van der Waals surface area contributed by atoms with E-state index in [0.29, 0.717) is 16.5 Å². The van der Waals surface area contributed by atoms with Crippen LogP contribution in [0.5, 0.6) is 0 Å². The predicted molar refractivity (Wildman–Crippen MR) is 108 cm³/mol. The van der Waals surface area contributed by atoms with Crippen molar-refractivity contribution in [3.8, 4) is 11.4 Å². The molecule has 0 spiro atoms. The molecule has 1 saturated carbocycles. The highest BCUT2D eigenvalue weighted by atomic mass is 32.2. The van der Waals surface area contributed by atoms with Gasteiger partial charge in [-0.15, -0.1) is 10.2 Å². The Morgan fingerprint density at radius 2 is 2.07 bits per heavy atom. The molecule has 7 nitrogen and oxygen atoms in total. The van der Waals surface area contributed by atoms with Crippen molar-refractivity contribution in [2.75, 3.05) is 12.9 Å². The first kappa shape index (κ1) is 21.3. The Bertz CT molecular complexity index is 884. The van der Waals surface area contributed by atoms with E-state index in [2.05, 4.69) is 15.5 Å². The average molecular weight is 421 g/mol. The molecule has 1 aliphatic carbocycles. The van der Waals surface area contributed by atoms with E-state index < -0.39 is 12.0 Å². The smallest absolute Gasteiger partial charge is 0.328 e. The van der Waals surface area contributed by atoms with Crippen molar-refractivity contribution in [1.82, 2.24) is 20.1 Å². The fourth-order valence-corrected chi connectivity index (χ4v) is 3.82. The van der Waals surface area contributed by atoms with Gasteiger partial charge in [0.15, 0.2) is 11.0 Å². The third-order valence-corrected chi connectivity index (χ3v) is 5.95. The molecule has 2 aromatic rings. The first-order valence-electron chi connectivity index (χ1n) is 9.66. The largest absolute Gasteiger partial charge is 0.467 e. The van der Waals surface area contributed by atoms with Gasteiger partial charge >= 0.3 is 5.97 Å². The molecule has 156 valence electrons. The highest BCUT2D eigenvalue weighted by Gasteiger charge is 2.32. The molecular weight excluding hydrogens is 395 g/mol. The van der Waals surface area contributed by atoms with Crippen LogP contribution in [0.3, 0.4) is 0 Å². The number of carbonyl (C=O) groups excluding carboxylic acids is 2. The lowest BCUT2D eigenvalue weighted by Gasteiger charge is -2.21. The Morgan fingerprint density at radius 1 is 1.34 bits per heavy atom. The summed E-state index contributed by atoms with van der Waals surface area (Å²) in [7, 11) is 1.31. The van der Waals surface area contributed by atoms with E-state index in [1.807, 2.05) is 18.4 Å². The summed E-state index contributed by atoms with van der Waals surface area (Å²) in [6, 6.07) is 5.98. The quantitative estimate of drug-likeness (QED) is 0.495. The molecule has 0 bridgehead atoms. The van der Waals surface area contributed by atoms with Gasteiger partial charge in [0.1, 0.15) is 11.9 Å². The van der Waals surface area contributed by atoms with E-state index in [1.54, 1.807) is 18.2 Å². The third-order valence-electron chi connectivity index (χ3n) is 5.01. The van der Waals surface area contributed by atoms with Crippen LogP contribution < -0.4 is 5.32 Å². The number of rotatable bonds is 9. The number of hydrogen-bond donors (Lipinski definition) is 1. The van der Waals surface area contributed by atoms with Gasteiger partial charge in [-0.2, -0.15) is 0 Å². The first-order chi connectivity index (χ1) is 14.0. The zero-order chi connectivity index (χ0) is 21.0. The molecule has 3 rings (SSSR count). The molecule has 0 radical (unpaired) electrons. The van der Waals surface area contributed by atoms with Gasteiger partial charge in [0, 0.05) is 6.04 Å². The van der Waals surface area contributed by atoms with Crippen LogP contribution in [0.1, 0.15) is 39.2 Å². The SMILES string of the molecule is CC[C@H](C)[C@H](NC(=O)CSc1nnc(-c2ccccc2F)n1C1CC1)C(=O)OC. The zero-order valence-corrected chi connectivity index (χ0v) is 17.5. The van der Waals surface area contributed by atoms with Crippen LogP contribution in [0.25, 0.3) is 11.4 Å². The standard InChI is InChI=1S/C20H25FN4O3S/c1-4-12(2)17(19(27)28-3)22-16(26)11-29-20-24-23-18(25(20)13-9-10-13)14-7-5-6-8-15(14)21/h5-8,12-13,17H,4,9-11H2,1-3H3,(H,22,26)/t12-,17-/m0/s1. The Morgan fingerprint density at radius 3 is 2.69 bits per heavy atom. The monoisotopic (exact) mass is 420 g/mol. The van der Waals surface area contributed by atoms with Gasteiger partial charge in [0.2, 0.25) is 5.91 Å². The minimum absolute atomic E-state index is 0.0424. The van der Waals surface area contributed by atoms with Crippen LogP contribution in [0.4, 0.5) is 4.39 Å². The summed E-state index contributed by atoms with van der Waals surface area (Å²) in [5, 5.41) is 11.7. The van der Waals surface area contributed by atoms with E-state index in [4.69, 9.17) is 4.74 Å².